The molecule has 2 N–H and O–H groups in total. The number of nitrogens with one attached hydrogen (secondary N) is 1. The van der Waals surface area contributed by atoms with E-state index in [1.54, 1.807) is 19.1 Å². The number of sulfone groups is 1. The van der Waals surface area contributed by atoms with Gasteiger partial charge in [0.15, 0.2) is 0 Å². The van der Waals surface area contributed by atoms with Gasteiger partial charge < -0.3 is 10.4 Å². The molecule has 1 atom stereocenters. The number of benzene rings is 1. The maximum Gasteiger partial charge on any atom is 0.337 e. The number of aromatic carboxylic acids is 1. The van der Waals surface area contributed by atoms with E-state index >= 15 is 0 Å². The van der Waals surface area contributed by atoms with Gasteiger partial charge in [0, 0.05) is 16.8 Å². The molecule has 1 aromatic carbocycles. The summed E-state index contributed by atoms with van der Waals surface area (Å²) in [5, 5.41) is 11.9. The summed E-state index contributed by atoms with van der Waals surface area (Å²) < 4.78 is 23.0. The normalized spacial score (nSPS) is 13.1. The molecule has 1 unspecified atom stereocenters. The summed E-state index contributed by atoms with van der Waals surface area (Å²) in [6.07, 6.45) is 1.14. The molecule has 0 fully saturated rings. The fourth-order valence-corrected chi connectivity index (χ4v) is 2.94. The minimum Gasteiger partial charge on any atom is -0.478 e. The number of carbonyl (C=O) groups is 1. The fraction of sp³-hybridized carbons (Fsp3) is 0.364. The minimum atomic E-state index is -3.11. The van der Waals surface area contributed by atoms with Crippen molar-refractivity contribution in [3.8, 4) is 0 Å². The Morgan fingerprint density at radius 3 is 2.61 bits per heavy atom. The average Bonchev–Trinajstić information content (AvgIpc) is 2.13. The van der Waals surface area contributed by atoms with Gasteiger partial charge in [-0.2, -0.15) is 0 Å². The lowest BCUT2D eigenvalue weighted by molar-refractivity contribution is 0.0698. The number of hydrogen-bond donors (Lipinski definition) is 2. The number of halogens is 1. The van der Waals surface area contributed by atoms with Crippen LogP contribution in [0.2, 0.25) is 0 Å². The summed E-state index contributed by atoms with van der Waals surface area (Å²) >= 11 is 3.25. The molecule has 0 saturated heterocycles. The molecule has 0 radical (unpaired) electrons. The third kappa shape index (κ3) is 4.66. The van der Waals surface area contributed by atoms with Crippen molar-refractivity contribution in [3.05, 3.63) is 28.2 Å². The van der Waals surface area contributed by atoms with Crippen LogP contribution in [-0.4, -0.2) is 37.5 Å². The summed E-state index contributed by atoms with van der Waals surface area (Å²) in [5.74, 6) is -1.12. The van der Waals surface area contributed by atoms with Crippen LogP contribution in [-0.2, 0) is 9.84 Å². The SMILES string of the molecule is CC(CS(C)(=O)=O)Nc1cc(Br)ccc1C(=O)O. The number of anilines is 1. The Morgan fingerprint density at radius 1 is 1.50 bits per heavy atom. The molecule has 0 bridgehead atoms. The van der Waals surface area contributed by atoms with Crippen LogP contribution in [0.3, 0.4) is 0 Å². The summed E-state index contributed by atoms with van der Waals surface area (Å²) in [5.41, 5.74) is 0.506. The van der Waals surface area contributed by atoms with Gasteiger partial charge in [-0.05, 0) is 25.1 Å². The molecule has 0 saturated carbocycles. The van der Waals surface area contributed by atoms with Crippen LogP contribution in [0, 0.1) is 0 Å². The van der Waals surface area contributed by atoms with Gasteiger partial charge in [0.2, 0.25) is 0 Å². The highest BCUT2D eigenvalue weighted by atomic mass is 79.9. The van der Waals surface area contributed by atoms with Crippen LogP contribution >= 0.6 is 15.9 Å². The maximum atomic E-state index is 11.2. The highest BCUT2D eigenvalue weighted by Gasteiger charge is 2.15. The predicted molar refractivity (Wildman–Crippen MR) is 73.9 cm³/mol. The first-order valence-electron chi connectivity index (χ1n) is 5.16. The summed E-state index contributed by atoms with van der Waals surface area (Å²) in [6.45, 7) is 1.69. The van der Waals surface area contributed by atoms with Crippen molar-refractivity contribution < 1.29 is 18.3 Å². The lowest BCUT2D eigenvalue weighted by Crippen LogP contribution is -2.26. The van der Waals surface area contributed by atoms with E-state index in [1.165, 1.54) is 6.07 Å². The van der Waals surface area contributed by atoms with Crippen molar-refractivity contribution in [1.29, 1.82) is 0 Å². The van der Waals surface area contributed by atoms with Crippen molar-refractivity contribution in [1.82, 2.24) is 0 Å². The van der Waals surface area contributed by atoms with Gasteiger partial charge in [-0.1, -0.05) is 15.9 Å². The lowest BCUT2D eigenvalue weighted by Gasteiger charge is -2.16. The van der Waals surface area contributed by atoms with Gasteiger partial charge in [0.1, 0.15) is 9.84 Å². The summed E-state index contributed by atoms with van der Waals surface area (Å²) in [6, 6.07) is 4.33. The van der Waals surface area contributed by atoms with Gasteiger partial charge in [0.25, 0.3) is 0 Å². The molecule has 0 aliphatic carbocycles. The van der Waals surface area contributed by atoms with Crippen LogP contribution < -0.4 is 5.32 Å². The second kappa shape index (κ2) is 5.71. The van der Waals surface area contributed by atoms with E-state index in [9.17, 15) is 13.2 Å². The Balaban J connectivity index is 2.96. The highest BCUT2D eigenvalue weighted by Crippen LogP contribution is 2.22. The Morgan fingerprint density at radius 2 is 2.11 bits per heavy atom. The van der Waals surface area contributed by atoms with Crippen molar-refractivity contribution in [2.75, 3.05) is 17.3 Å². The van der Waals surface area contributed by atoms with Crippen LogP contribution in [0.5, 0.6) is 0 Å². The molecule has 18 heavy (non-hydrogen) atoms. The molecule has 0 aliphatic rings. The first-order chi connectivity index (χ1) is 8.19. The van der Waals surface area contributed by atoms with Crippen LogP contribution in [0.25, 0.3) is 0 Å². The Bertz CT molecular complexity index is 556. The minimum absolute atomic E-state index is 0.0570. The largest absolute Gasteiger partial charge is 0.478 e. The maximum absolute atomic E-state index is 11.2. The zero-order valence-corrected chi connectivity index (χ0v) is 12.4. The van der Waals surface area contributed by atoms with E-state index in [1.807, 2.05) is 0 Å². The van der Waals surface area contributed by atoms with E-state index in [-0.39, 0.29) is 17.4 Å². The molecule has 1 aromatic rings. The molecule has 0 aromatic heterocycles. The Kier molecular flexibility index (Phi) is 4.75. The Hall–Kier alpha value is -1.08. The van der Waals surface area contributed by atoms with Crippen molar-refractivity contribution in [2.45, 2.75) is 13.0 Å². The number of carboxylic acids is 1. The van der Waals surface area contributed by atoms with Gasteiger partial charge in [0.05, 0.1) is 17.0 Å². The molecule has 100 valence electrons. The summed E-state index contributed by atoms with van der Waals surface area (Å²) in [4.78, 5) is 11.0. The molecule has 0 aliphatic heterocycles. The van der Waals surface area contributed by atoms with E-state index in [2.05, 4.69) is 21.2 Å². The number of rotatable bonds is 5. The van der Waals surface area contributed by atoms with Crippen LogP contribution in [0.4, 0.5) is 5.69 Å². The molecular formula is C11H14BrNO4S. The van der Waals surface area contributed by atoms with Gasteiger partial charge in [-0.25, -0.2) is 13.2 Å². The predicted octanol–water partition coefficient (Wildman–Crippen LogP) is 1.99. The van der Waals surface area contributed by atoms with Gasteiger partial charge in [-0.3, -0.25) is 0 Å². The van der Waals surface area contributed by atoms with Crippen molar-refractivity contribution in [3.63, 3.8) is 0 Å². The topological polar surface area (TPSA) is 83.5 Å². The van der Waals surface area contributed by atoms with E-state index in [0.717, 1.165) is 10.7 Å². The zero-order chi connectivity index (χ0) is 13.9. The van der Waals surface area contributed by atoms with Crippen molar-refractivity contribution >= 4 is 37.4 Å². The third-order valence-corrected chi connectivity index (χ3v) is 3.77. The van der Waals surface area contributed by atoms with Gasteiger partial charge in [-0.15, -0.1) is 0 Å². The second-order valence-electron chi connectivity index (χ2n) is 4.13. The molecule has 7 heteroatoms. The third-order valence-electron chi connectivity index (χ3n) is 2.17. The van der Waals surface area contributed by atoms with E-state index in [4.69, 9.17) is 5.11 Å². The number of carboxylic acid groups (broad SMARTS) is 1. The van der Waals surface area contributed by atoms with Gasteiger partial charge >= 0.3 is 5.97 Å². The van der Waals surface area contributed by atoms with Crippen LogP contribution in [0.1, 0.15) is 17.3 Å². The van der Waals surface area contributed by atoms with E-state index in [0.29, 0.717) is 5.69 Å². The molecular weight excluding hydrogens is 322 g/mol. The second-order valence-corrected chi connectivity index (χ2v) is 7.23. The monoisotopic (exact) mass is 335 g/mol. The van der Waals surface area contributed by atoms with E-state index < -0.39 is 15.8 Å². The standard InChI is InChI=1S/C11H14BrNO4S/c1-7(6-18(2,16)17)13-10-5-8(12)3-4-9(10)11(14)15/h3-5,7,13H,6H2,1-2H3,(H,14,15). The molecule has 0 heterocycles. The Labute approximate surface area is 114 Å². The summed E-state index contributed by atoms with van der Waals surface area (Å²) in [7, 11) is -3.11. The lowest BCUT2D eigenvalue weighted by atomic mass is 10.1. The number of hydrogen-bond acceptors (Lipinski definition) is 4. The van der Waals surface area contributed by atoms with Crippen LogP contribution in [0.15, 0.2) is 22.7 Å². The molecule has 1 rings (SSSR count). The van der Waals surface area contributed by atoms with Crippen molar-refractivity contribution in [2.24, 2.45) is 0 Å². The smallest absolute Gasteiger partial charge is 0.337 e. The first-order valence-corrected chi connectivity index (χ1v) is 8.01. The molecule has 5 nitrogen and oxygen atoms in total. The highest BCUT2D eigenvalue weighted by molar-refractivity contribution is 9.10. The molecule has 0 amide bonds. The quantitative estimate of drug-likeness (QED) is 0.859. The fourth-order valence-electron chi connectivity index (χ4n) is 1.58. The average molecular weight is 336 g/mol. The zero-order valence-electron chi connectivity index (χ0n) is 9.97. The first kappa shape index (κ1) is 15.0. The molecule has 0 spiro atoms.